The van der Waals surface area contributed by atoms with Crippen LogP contribution in [0.2, 0.25) is 10.2 Å². The maximum absolute atomic E-state index is 12.7. The Labute approximate surface area is 151 Å². The normalized spacial score (nSPS) is 14.6. The van der Waals surface area contributed by atoms with E-state index in [0.29, 0.717) is 29.6 Å². The number of carbonyl (C=O) groups excluding carboxylic acids is 1. The summed E-state index contributed by atoms with van der Waals surface area (Å²) in [5, 5.41) is 3.94. The molecule has 1 saturated heterocycles. The first-order valence-electron chi connectivity index (χ1n) is 7.72. The molecule has 24 heavy (non-hydrogen) atoms. The van der Waals surface area contributed by atoms with E-state index < -0.39 is 0 Å². The molecule has 5 nitrogen and oxygen atoms in total. The number of rotatable bonds is 3. The summed E-state index contributed by atoms with van der Waals surface area (Å²) in [6.07, 6.45) is 0. The molecule has 2 heterocycles. The zero-order valence-corrected chi connectivity index (χ0v) is 14.8. The first-order chi connectivity index (χ1) is 11.6. The number of nitrogens with one attached hydrogen (secondary N) is 1. The Kier molecular flexibility index (Phi) is 5.11. The first kappa shape index (κ1) is 16.9. The van der Waals surface area contributed by atoms with Gasteiger partial charge in [0.2, 0.25) is 0 Å². The average Bonchev–Trinajstić information content (AvgIpc) is 2.60. The summed E-state index contributed by atoms with van der Waals surface area (Å²) in [7, 11) is 1.75. The molecule has 1 N–H and O–H groups in total. The number of hydrogen-bond donors (Lipinski definition) is 1. The van der Waals surface area contributed by atoms with Gasteiger partial charge < -0.3 is 15.1 Å². The monoisotopic (exact) mass is 364 g/mol. The molecular weight excluding hydrogens is 347 g/mol. The minimum Gasteiger partial charge on any atom is -0.373 e. The summed E-state index contributed by atoms with van der Waals surface area (Å²) in [5.41, 5.74) is 1.63. The molecule has 0 spiro atoms. The van der Waals surface area contributed by atoms with Crippen molar-refractivity contribution in [3.05, 3.63) is 52.1 Å². The van der Waals surface area contributed by atoms with Crippen molar-refractivity contribution in [3.63, 3.8) is 0 Å². The van der Waals surface area contributed by atoms with Gasteiger partial charge in [-0.1, -0.05) is 29.3 Å². The summed E-state index contributed by atoms with van der Waals surface area (Å²) in [5.74, 6) is 0.560. The fourth-order valence-electron chi connectivity index (χ4n) is 2.77. The number of amides is 1. The predicted molar refractivity (Wildman–Crippen MR) is 98.4 cm³/mol. The van der Waals surface area contributed by atoms with E-state index in [4.69, 9.17) is 23.2 Å². The molecule has 0 unspecified atom stereocenters. The third-order valence-corrected chi connectivity index (χ3v) is 4.47. The molecule has 1 aliphatic rings. The molecule has 0 saturated carbocycles. The molecule has 1 aromatic carbocycles. The van der Waals surface area contributed by atoms with Crippen LogP contribution in [0.15, 0.2) is 36.4 Å². The van der Waals surface area contributed by atoms with Gasteiger partial charge in [-0.2, -0.15) is 0 Å². The van der Waals surface area contributed by atoms with Crippen molar-refractivity contribution in [2.24, 2.45) is 0 Å². The van der Waals surface area contributed by atoms with Crippen molar-refractivity contribution in [2.75, 3.05) is 43.4 Å². The van der Waals surface area contributed by atoms with Gasteiger partial charge in [0.15, 0.2) is 0 Å². The summed E-state index contributed by atoms with van der Waals surface area (Å²) in [6.45, 7) is 2.84. The Bertz CT molecular complexity index is 745. The quantitative estimate of drug-likeness (QED) is 0.848. The number of aromatic nitrogens is 1. The number of piperazine rings is 1. The molecule has 1 aromatic heterocycles. The molecule has 0 radical (unpaired) electrons. The largest absolute Gasteiger partial charge is 0.373 e. The van der Waals surface area contributed by atoms with Gasteiger partial charge in [-0.25, -0.2) is 4.98 Å². The predicted octanol–water partition coefficient (Wildman–Crippen LogP) is 3.39. The van der Waals surface area contributed by atoms with E-state index >= 15 is 0 Å². The number of nitrogens with zero attached hydrogens (tertiary/aromatic N) is 3. The van der Waals surface area contributed by atoms with E-state index in [1.54, 1.807) is 19.2 Å². The van der Waals surface area contributed by atoms with Crippen LogP contribution in [0.25, 0.3) is 0 Å². The molecule has 1 fully saturated rings. The van der Waals surface area contributed by atoms with E-state index in [2.05, 4.69) is 15.2 Å². The maximum Gasteiger partial charge on any atom is 0.254 e. The highest BCUT2D eigenvalue weighted by Gasteiger charge is 2.23. The summed E-state index contributed by atoms with van der Waals surface area (Å²) in [6, 6.07) is 11.1. The third kappa shape index (κ3) is 3.74. The van der Waals surface area contributed by atoms with Crippen molar-refractivity contribution >= 4 is 40.6 Å². The smallest absolute Gasteiger partial charge is 0.254 e. The lowest BCUT2D eigenvalue weighted by Gasteiger charge is -2.36. The maximum atomic E-state index is 12.7. The number of carbonyl (C=O) groups is 1. The molecule has 0 atom stereocenters. The van der Waals surface area contributed by atoms with Gasteiger partial charge in [0, 0.05) is 49.5 Å². The van der Waals surface area contributed by atoms with E-state index in [9.17, 15) is 4.79 Å². The second kappa shape index (κ2) is 7.28. The highest BCUT2D eigenvalue weighted by atomic mass is 35.5. The van der Waals surface area contributed by atoms with Gasteiger partial charge >= 0.3 is 0 Å². The molecule has 7 heteroatoms. The second-order valence-corrected chi connectivity index (χ2v) is 6.40. The molecule has 1 aliphatic heterocycles. The highest BCUT2D eigenvalue weighted by molar-refractivity contribution is 6.30. The molecule has 0 bridgehead atoms. The lowest BCUT2D eigenvalue weighted by Crippen LogP contribution is -2.48. The molecule has 3 rings (SSSR count). The van der Waals surface area contributed by atoms with E-state index in [-0.39, 0.29) is 5.91 Å². The van der Waals surface area contributed by atoms with Gasteiger partial charge in [-0.15, -0.1) is 0 Å². The number of hydrogen-bond acceptors (Lipinski definition) is 4. The second-order valence-electron chi connectivity index (χ2n) is 5.57. The SMILES string of the molecule is CNc1cc(C(=O)N2CCN(c3cccc(Cl)c3)CC2)cc(Cl)n1. The Morgan fingerprint density at radius 2 is 1.88 bits per heavy atom. The fraction of sp³-hybridized carbons (Fsp3) is 0.294. The van der Waals surface area contributed by atoms with Gasteiger partial charge in [0.25, 0.3) is 5.91 Å². The van der Waals surface area contributed by atoms with E-state index in [1.807, 2.05) is 29.2 Å². The van der Waals surface area contributed by atoms with Crippen LogP contribution >= 0.6 is 23.2 Å². The van der Waals surface area contributed by atoms with Crippen LogP contribution in [0.3, 0.4) is 0 Å². The van der Waals surface area contributed by atoms with Crippen LogP contribution in [0.1, 0.15) is 10.4 Å². The number of anilines is 2. The minimum atomic E-state index is -0.0263. The lowest BCUT2D eigenvalue weighted by atomic mass is 10.2. The summed E-state index contributed by atoms with van der Waals surface area (Å²) in [4.78, 5) is 20.9. The Morgan fingerprint density at radius 1 is 1.12 bits per heavy atom. The van der Waals surface area contributed by atoms with Crippen molar-refractivity contribution in [1.82, 2.24) is 9.88 Å². The number of benzene rings is 1. The fourth-order valence-corrected chi connectivity index (χ4v) is 3.16. The average molecular weight is 365 g/mol. The van der Waals surface area contributed by atoms with Gasteiger partial charge in [0.05, 0.1) is 0 Å². The Balaban J connectivity index is 1.68. The number of pyridine rings is 1. The molecule has 0 aliphatic carbocycles. The standard InChI is InChI=1S/C17H18Cl2N4O/c1-20-16-10-12(9-15(19)21-16)17(24)23-7-5-22(6-8-23)14-4-2-3-13(18)11-14/h2-4,9-11H,5-8H2,1H3,(H,20,21). The van der Waals surface area contributed by atoms with Crippen LogP contribution < -0.4 is 10.2 Å². The van der Waals surface area contributed by atoms with Crippen LogP contribution in [-0.2, 0) is 0 Å². The minimum absolute atomic E-state index is 0.0263. The topological polar surface area (TPSA) is 48.5 Å². The molecular formula is C17H18Cl2N4O. The summed E-state index contributed by atoms with van der Waals surface area (Å²) >= 11 is 12.0. The van der Waals surface area contributed by atoms with Crippen LogP contribution in [0, 0.1) is 0 Å². The van der Waals surface area contributed by atoms with Crippen LogP contribution in [0.4, 0.5) is 11.5 Å². The Morgan fingerprint density at radius 3 is 2.54 bits per heavy atom. The van der Waals surface area contributed by atoms with Crippen molar-refractivity contribution < 1.29 is 4.79 Å². The van der Waals surface area contributed by atoms with Crippen molar-refractivity contribution in [3.8, 4) is 0 Å². The molecule has 1 amide bonds. The zero-order valence-electron chi connectivity index (χ0n) is 13.3. The van der Waals surface area contributed by atoms with Crippen molar-refractivity contribution in [2.45, 2.75) is 0 Å². The van der Waals surface area contributed by atoms with Crippen molar-refractivity contribution in [1.29, 1.82) is 0 Å². The third-order valence-electron chi connectivity index (χ3n) is 4.04. The highest BCUT2D eigenvalue weighted by Crippen LogP contribution is 2.22. The molecule has 126 valence electrons. The van der Waals surface area contributed by atoms with Gasteiger partial charge in [-0.05, 0) is 30.3 Å². The van der Waals surface area contributed by atoms with E-state index in [0.717, 1.165) is 23.8 Å². The Hall–Kier alpha value is -1.98. The number of halogens is 2. The van der Waals surface area contributed by atoms with Crippen LogP contribution in [-0.4, -0.2) is 49.0 Å². The van der Waals surface area contributed by atoms with Gasteiger partial charge in [-0.3, -0.25) is 4.79 Å². The van der Waals surface area contributed by atoms with E-state index in [1.165, 1.54) is 0 Å². The van der Waals surface area contributed by atoms with Crippen LogP contribution in [0.5, 0.6) is 0 Å². The first-order valence-corrected chi connectivity index (χ1v) is 8.47. The zero-order chi connectivity index (χ0) is 17.1. The molecule has 2 aromatic rings. The lowest BCUT2D eigenvalue weighted by molar-refractivity contribution is 0.0746. The van der Waals surface area contributed by atoms with Gasteiger partial charge in [0.1, 0.15) is 11.0 Å². The summed E-state index contributed by atoms with van der Waals surface area (Å²) < 4.78 is 0.